The molecule has 0 bridgehead atoms. The first kappa shape index (κ1) is 14.3. The number of rotatable bonds is 5. The fourth-order valence-electron chi connectivity index (χ4n) is 4.05. The lowest BCUT2D eigenvalue weighted by Gasteiger charge is -2.36. The van der Waals surface area contributed by atoms with E-state index in [1.165, 1.54) is 38.5 Å². The molecule has 0 aromatic heterocycles. The van der Waals surface area contributed by atoms with Gasteiger partial charge in [0.2, 0.25) is 0 Å². The maximum Gasteiger partial charge on any atom is 0.0181 e. The highest BCUT2D eigenvalue weighted by Crippen LogP contribution is 2.62. The largest absolute Gasteiger partial charge is 0.330 e. The van der Waals surface area contributed by atoms with E-state index < -0.39 is 0 Å². The van der Waals surface area contributed by atoms with Gasteiger partial charge in [0.25, 0.3) is 0 Å². The Kier molecular flexibility index (Phi) is 3.81. The molecule has 0 heterocycles. The molecule has 3 N–H and O–H groups in total. The Balaban J connectivity index is 1.78. The molecule has 2 saturated carbocycles. The van der Waals surface area contributed by atoms with Gasteiger partial charge < -0.3 is 11.1 Å². The Hall–Kier alpha value is -0.0800. The molecule has 0 amide bonds. The van der Waals surface area contributed by atoms with Gasteiger partial charge in [-0.3, -0.25) is 0 Å². The van der Waals surface area contributed by atoms with Crippen molar-refractivity contribution in [2.75, 3.05) is 13.1 Å². The second-order valence-electron chi connectivity index (χ2n) is 7.85. The Morgan fingerprint density at radius 2 is 1.56 bits per heavy atom. The minimum absolute atomic E-state index is 0.453. The first-order valence-electron chi connectivity index (χ1n) is 7.79. The van der Waals surface area contributed by atoms with Gasteiger partial charge in [0.05, 0.1) is 0 Å². The Morgan fingerprint density at radius 3 is 2.00 bits per heavy atom. The van der Waals surface area contributed by atoms with E-state index in [2.05, 4.69) is 33.0 Å². The topological polar surface area (TPSA) is 38.0 Å². The lowest BCUT2D eigenvalue weighted by molar-refractivity contribution is 0.180. The van der Waals surface area contributed by atoms with Crippen molar-refractivity contribution >= 4 is 0 Å². The highest BCUT2D eigenvalue weighted by Gasteiger charge is 2.64. The molecule has 0 saturated heterocycles. The molecule has 0 aliphatic heterocycles. The fraction of sp³-hybridized carbons (Fsp3) is 1.00. The van der Waals surface area contributed by atoms with Gasteiger partial charge in [0.15, 0.2) is 0 Å². The molecule has 0 spiro atoms. The summed E-state index contributed by atoms with van der Waals surface area (Å²) in [7, 11) is 0. The fourth-order valence-corrected chi connectivity index (χ4v) is 4.05. The molecule has 2 rings (SSSR count). The van der Waals surface area contributed by atoms with Gasteiger partial charge in [-0.05, 0) is 48.6 Å². The quantitative estimate of drug-likeness (QED) is 0.788. The number of hydrogen-bond donors (Lipinski definition) is 2. The summed E-state index contributed by atoms with van der Waals surface area (Å²) in [5, 5.41) is 3.79. The zero-order valence-corrected chi connectivity index (χ0v) is 12.8. The highest BCUT2D eigenvalue weighted by molar-refractivity contribution is 5.17. The monoisotopic (exact) mass is 252 g/mol. The predicted molar refractivity (Wildman–Crippen MR) is 78.5 cm³/mol. The summed E-state index contributed by atoms with van der Waals surface area (Å²) in [6.07, 6.45) is 8.16. The van der Waals surface area contributed by atoms with Crippen LogP contribution in [-0.2, 0) is 0 Å². The molecule has 0 atom stereocenters. The molecule has 0 aromatic rings. The van der Waals surface area contributed by atoms with Gasteiger partial charge in [-0.2, -0.15) is 0 Å². The molecular weight excluding hydrogens is 220 g/mol. The lowest BCUT2D eigenvalue weighted by Crippen LogP contribution is -2.37. The highest BCUT2D eigenvalue weighted by atomic mass is 15.0. The van der Waals surface area contributed by atoms with Crippen LogP contribution in [0.15, 0.2) is 0 Å². The van der Waals surface area contributed by atoms with Crippen LogP contribution in [-0.4, -0.2) is 19.1 Å². The van der Waals surface area contributed by atoms with Crippen molar-refractivity contribution in [2.45, 2.75) is 72.3 Å². The average molecular weight is 252 g/mol. The van der Waals surface area contributed by atoms with E-state index in [0.717, 1.165) is 13.1 Å². The van der Waals surface area contributed by atoms with Gasteiger partial charge in [0.1, 0.15) is 0 Å². The minimum atomic E-state index is 0.453. The number of hydrogen-bond acceptors (Lipinski definition) is 2. The van der Waals surface area contributed by atoms with Crippen molar-refractivity contribution in [1.29, 1.82) is 0 Å². The van der Waals surface area contributed by atoms with E-state index in [1.807, 2.05) is 0 Å². The molecule has 2 nitrogen and oxygen atoms in total. The Labute approximate surface area is 113 Å². The maximum atomic E-state index is 6.05. The second kappa shape index (κ2) is 4.79. The smallest absolute Gasteiger partial charge is 0.0181 e. The first-order valence-corrected chi connectivity index (χ1v) is 7.79. The molecule has 0 aromatic carbocycles. The van der Waals surface area contributed by atoms with Gasteiger partial charge in [0, 0.05) is 6.04 Å². The van der Waals surface area contributed by atoms with E-state index in [9.17, 15) is 0 Å². The van der Waals surface area contributed by atoms with E-state index >= 15 is 0 Å². The molecule has 2 fully saturated rings. The molecule has 2 aliphatic rings. The van der Waals surface area contributed by atoms with Gasteiger partial charge in [-0.1, -0.05) is 47.0 Å². The third-order valence-electron chi connectivity index (χ3n) is 6.37. The van der Waals surface area contributed by atoms with Crippen molar-refractivity contribution in [3.8, 4) is 0 Å². The van der Waals surface area contributed by atoms with Crippen LogP contribution in [0.1, 0.15) is 66.2 Å². The van der Waals surface area contributed by atoms with Crippen LogP contribution in [0.2, 0.25) is 0 Å². The molecular formula is C16H32N2. The summed E-state index contributed by atoms with van der Waals surface area (Å²) in [5.74, 6) is 0. The maximum absolute atomic E-state index is 6.05. The van der Waals surface area contributed by atoms with Crippen molar-refractivity contribution < 1.29 is 0 Å². The molecule has 2 aliphatic carbocycles. The first-order chi connectivity index (χ1) is 8.36. The minimum Gasteiger partial charge on any atom is -0.330 e. The lowest BCUT2D eigenvalue weighted by atomic mass is 9.72. The normalized spacial score (nSPS) is 29.2. The van der Waals surface area contributed by atoms with E-state index in [1.54, 1.807) is 0 Å². The summed E-state index contributed by atoms with van der Waals surface area (Å²) in [5.41, 5.74) is 7.41. The second-order valence-corrected chi connectivity index (χ2v) is 7.85. The average Bonchev–Trinajstić information content (AvgIpc) is 2.73. The summed E-state index contributed by atoms with van der Waals surface area (Å²) in [6.45, 7) is 11.5. The van der Waals surface area contributed by atoms with Crippen LogP contribution in [0.25, 0.3) is 0 Å². The molecule has 0 unspecified atom stereocenters. The summed E-state index contributed by atoms with van der Waals surface area (Å²) < 4.78 is 0. The van der Waals surface area contributed by atoms with Gasteiger partial charge in [-0.15, -0.1) is 0 Å². The SMILES string of the molecule is CC1(C)C(NCCC2(CN)CCCCC2)C1(C)C. The molecule has 2 heteroatoms. The van der Waals surface area contributed by atoms with Crippen LogP contribution in [0.4, 0.5) is 0 Å². The Morgan fingerprint density at radius 1 is 1.00 bits per heavy atom. The van der Waals surface area contributed by atoms with Crippen LogP contribution >= 0.6 is 0 Å². The van der Waals surface area contributed by atoms with Gasteiger partial charge in [-0.25, -0.2) is 0 Å². The van der Waals surface area contributed by atoms with E-state index in [-0.39, 0.29) is 0 Å². The molecule has 18 heavy (non-hydrogen) atoms. The zero-order valence-electron chi connectivity index (χ0n) is 12.8. The van der Waals surface area contributed by atoms with Crippen molar-refractivity contribution in [3.05, 3.63) is 0 Å². The Bertz CT molecular complexity index is 273. The van der Waals surface area contributed by atoms with Crippen LogP contribution in [0, 0.1) is 16.2 Å². The predicted octanol–water partition coefficient (Wildman–Crippen LogP) is 3.31. The van der Waals surface area contributed by atoms with E-state index in [0.29, 0.717) is 22.3 Å². The van der Waals surface area contributed by atoms with E-state index in [4.69, 9.17) is 5.73 Å². The third kappa shape index (κ3) is 2.34. The van der Waals surface area contributed by atoms with Gasteiger partial charge >= 0.3 is 0 Å². The molecule has 106 valence electrons. The van der Waals surface area contributed by atoms with Crippen molar-refractivity contribution in [1.82, 2.24) is 5.32 Å². The van der Waals surface area contributed by atoms with Crippen molar-refractivity contribution in [3.63, 3.8) is 0 Å². The standard InChI is InChI=1S/C16H32N2/c1-14(2)13(15(14,3)4)18-11-10-16(12-17)8-6-5-7-9-16/h13,18H,5-12,17H2,1-4H3. The number of nitrogens with one attached hydrogen (secondary N) is 1. The number of nitrogens with two attached hydrogens (primary N) is 1. The molecule has 0 radical (unpaired) electrons. The van der Waals surface area contributed by atoms with Crippen molar-refractivity contribution in [2.24, 2.45) is 22.0 Å². The van der Waals surface area contributed by atoms with Crippen LogP contribution in [0.5, 0.6) is 0 Å². The zero-order chi connectivity index (χ0) is 13.4. The van der Waals surface area contributed by atoms with Crippen LogP contribution < -0.4 is 11.1 Å². The summed E-state index contributed by atoms with van der Waals surface area (Å²) in [4.78, 5) is 0. The van der Waals surface area contributed by atoms with Crippen LogP contribution in [0.3, 0.4) is 0 Å². The third-order valence-corrected chi connectivity index (χ3v) is 6.37. The summed E-state index contributed by atoms with van der Waals surface area (Å²) in [6, 6.07) is 0.684. The summed E-state index contributed by atoms with van der Waals surface area (Å²) >= 11 is 0.